The average molecular weight is 318 g/mol. The van der Waals surface area contributed by atoms with Gasteiger partial charge in [-0.2, -0.15) is 0 Å². The summed E-state index contributed by atoms with van der Waals surface area (Å²) in [7, 11) is -0.849. The van der Waals surface area contributed by atoms with E-state index in [2.05, 4.69) is 59.7 Å². The van der Waals surface area contributed by atoms with Crippen LogP contribution in [0.25, 0.3) is 0 Å². The van der Waals surface area contributed by atoms with E-state index >= 15 is 0 Å². The summed E-state index contributed by atoms with van der Waals surface area (Å²) in [4.78, 5) is 0. The van der Waals surface area contributed by atoms with E-state index < -0.39 is 8.38 Å². The molecular weight excluding hydrogens is 291 g/mol. The lowest BCUT2D eigenvalue weighted by atomic mass is 9.78. The first-order chi connectivity index (χ1) is 10.1. The SMILES string of the molecule is CC12CCC(C)(C1)c1cc(OP3OC(C)(C)C3(C)C)ccc12. The minimum absolute atomic E-state index is 0.0893. The van der Waals surface area contributed by atoms with Crippen LogP contribution in [0, 0.1) is 0 Å². The van der Waals surface area contributed by atoms with Crippen LogP contribution in [0.15, 0.2) is 18.2 Å². The molecule has 3 unspecified atom stereocenters. The maximum absolute atomic E-state index is 6.25. The fourth-order valence-corrected chi connectivity index (χ4v) is 6.30. The van der Waals surface area contributed by atoms with E-state index in [4.69, 9.17) is 9.05 Å². The summed E-state index contributed by atoms with van der Waals surface area (Å²) < 4.78 is 12.3. The van der Waals surface area contributed by atoms with Gasteiger partial charge < -0.3 is 9.05 Å². The number of benzene rings is 1. The van der Waals surface area contributed by atoms with E-state index in [0.717, 1.165) is 5.75 Å². The molecule has 1 heterocycles. The van der Waals surface area contributed by atoms with Crippen LogP contribution in [0.1, 0.15) is 71.9 Å². The molecule has 0 N–H and O–H groups in total. The van der Waals surface area contributed by atoms with E-state index in [1.165, 1.54) is 24.8 Å². The highest BCUT2D eigenvalue weighted by molar-refractivity contribution is 7.51. The molecule has 1 saturated carbocycles. The molecule has 120 valence electrons. The largest absolute Gasteiger partial charge is 0.447 e. The highest BCUT2D eigenvalue weighted by Gasteiger charge is 2.59. The van der Waals surface area contributed by atoms with Crippen LogP contribution in [0.5, 0.6) is 5.75 Å². The third-order valence-electron chi connectivity index (χ3n) is 6.73. The summed E-state index contributed by atoms with van der Waals surface area (Å²) >= 11 is 0. The summed E-state index contributed by atoms with van der Waals surface area (Å²) in [6, 6.07) is 6.76. The Hall–Kier alpha value is -0.590. The van der Waals surface area contributed by atoms with Gasteiger partial charge in [0.1, 0.15) is 5.75 Å². The molecular formula is C19H27O2P. The van der Waals surface area contributed by atoms with Gasteiger partial charge in [-0.1, -0.05) is 19.9 Å². The lowest BCUT2D eigenvalue weighted by molar-refractivity contribution is 0.00608. The molecule has 3 aliphatic rings. The fourth-order valence-electron chi connectivity index (χ4n) is 4.50. The van der Waals surface area contributed by atoms with Gasteiger partial charge in [-0.25, -0.2) is 0 Å². The number of fused-ring (bicyclic) bond motifs is 5. The van der Waals surface area contributed by atoms with Crippen molar-refractivity contribution < 1.29 is 9.05 Å². The highest BCUT2D eigenvalue weighted by atomic mass is 31.2. The van der Waals surface area contributed by atoms with Crippen LogP contribution >= 0.6 is 8.38 Å². The van der Waals surface area contributed by atoms with Crippen LogP contribution in [0.3, 0.4) is 0 Å². The smallest absolute Gasteiger partial charge is 0.239 e. The zero-order valence-electron chi connectivity index (χ0n) is 14.6. The lowest BCUT2D eigenvalue weighted by Crippen LogP contribution is -2.55. The fraction of sp³-hybridized carbons (Fsp3) is 0.684. The Labute approximate surface area is 135 Å². The third-order valence-corrected chi connectivity index (χ3v) is 9.18. The monoisotopic (exact) mass is 318 g/mol. The van der Waals surface area contributed by atoms with E-state index in [9.17, 15) is 0 Å². The van der Waals surface area contributed by atoms with Gasteiger partial charge in [-0.05, 0) is 81.0 Å². The Morgan fingerprint density at radius 1 is 0.955 bits per heavy atom. The Kier molecular flexibility index (Phi) is 2.78. The van der Waals surface area contributed by atoms with Gasteiger partial charge in [0.15, 0.2) is 0 Å². The molecule has 1 aliphatic heterocycles. The van der Waals surface area contributed by atoms with Crippen LogP contribution in [-0.2, 0) is 15.4 Å². The first kappa shape index (κ1) is 15.0. The van der Waals surface area contributed by atoms with Gasteiger partial charge in [0.05, 0.1) is 10.8 Å². The van der Waals surface area contributed by atoms with Crippen LogP contribution in [0.2, 0.25) is 0 Å². The second kappa shape index (κ2) is 4.08. The number of hydrogen-bond acceptors (Lipinski definition) is 2. The Morgan fingerprint density at radius 3 is 2.18 bits per heavy atom. The van der Waals surface area contributed by atoms with Crippen molar-refractivity contribution in [1.29, 1.82) is 0 Å². The summed E-state index contributed by atoms with van der Waals surface area (Å²) in [6.45, 7) is 13.7. The summed E-state index contributed by atoms with van der Waals surface area (Å²) in [6.07, 6.45) is 3.93. The van der Waals surface area contributed by atoms with Crippen LogP contribution in [0.4, 0.5) is 0 Å². The van der Waals surface area contributed by atoms with Crippen molar-refractivity contribution in [2.75, 3.05) is 0 Å². The summed E-state index contributed by atoms with van der Waals surface area (Å²) in [5.74, 6) is 0.991. The van der Waals surface area contributed by atoms with E-state index in [0.29, 0.717) is 10.8 Å². The molecule has 2 fully saturated rings. The van der Waals surface area contributed by atoms with Crippen molar-refractivity contribution in [2.24, 2.45) is 0 Å². The van der Waals surface area contributed by atoms with Crippen molar-refractivity contribution in [1.82, 2.24) is 0 Å². The minimum Gasteiger partial charge on any atom is -0.447 e. The Bertz CT molecular complexity index is 651. The molecule has 3 atom stereocenters. The molecule has 1 aromatic rings. The first-order valence-electron chi connectivity index (χ1n) is 8.40. The van der Waals surface area contributed by atoms with Crippen molar-refractivity contribution in [3.63, 3.8) is 0 Å². The lowest BCUT2D eigenvalue weighted by Gasteiger charge is -2.55. The van der Waals surface area contributed by atoms with Crippen molar-refractivity contribution in [3.8, 4) is 5.75 Å². The predicted molar refractivity (Wildman–Crippen MR) is 91.8 cm³/mol. The van der Waals surface area contributed by atoms with Gasteiger partial charge in [0.25, 0.3) is 0 Å². The summed E-state index contributed by atoms with van der Waals surface area (Å²) in [5.41, 5.74) is 3.73. The van der Waals surface area contributed by atoms with Crippen LogP contribution in [-0.4, -0.2) is 10.8 Å². The highest BCUT2D eigenvalue weighted by Crippen LogP contribution is 2.69. The average Bonchev–Trinajstić information content (AvgIpc) is 2.86. The first-order valence-corrected chi connectivity index (χ1v) is 9.58. The van der Waals surface area contributed by atoms with Crippen molar-refractivity contribution in [3.05, 3.63) is 29.3 Å². The van der Waals surface area contributed by atoms with Gasteiger partial charge in [0, 0.05) is 0 Å². The third kappa shape index (κ3) is 1.74. The number of hydrogen-bond donors (Lipinski definition) is 0. The number of rotatable bonds is 2. The van der Waals surface area contributed by atoms with Crippen molar-refractivity contribution in [2.45, 2.75) is 82.4 Å². The molecule has 0 spiro atoms. The second-order valence-corrected chi connectivity index (χ2v) is 11.0. The quantitative estimate of drug-likeness (QED) is 0.653. The predicted octanol–water partition coefficient (Wildman–Crippen LogP) is 5.68. The molecule has 2 nitrogen and oxygen atoms in total. The normalized spacial score (nSPS) is 40.2. The van der Waals surface area contributed by atoms with Crippen LogP contribution < -0.4 is 4.52 Å². The van der Waals surface area contributed by atoms with E-state index in [1.807, 2.05) is 0 Å². The molecule has 0 aromatic heterocycles. The molecule has 1 aromatic carbocycles. The molecule has 0 radical (unpaired) electrons. The zero-order chi connectivity index (χ0) is 16.0. The van der Waals surface area contributed by atoms with E-state index in [-0.39, 0.29) is 10.8 Å². The standard InChI is InChI=1S/C19H27O2P/c1-16(2)17(3,4)22(21-16)20-13-7-8-14-15(11-13)19(6)10-9-18(14,5)12-19/h7-8,11H,9-10,12H2,1-6H3. The van der Waals surface area contributed by atoms with Gasteiger partial charge in [-0.3, -0.25) is 0 Å². The molecule has 2 aliphatic carbocycles. The molecule has 1 saturated heterocycles. The minimum atomic E-state index is -0.849. The topological polar surface area (TPSA) is 18.5 Å². The second-order valence-electron chi connectivity index (χ2n) is 9.01. The van der Waals surface area contributed by atoms with Crippen molar-refractivity contribution >= 4 is 8.38 Å². The maximum Gasteiger partial charge on any atom is 0.239 e. The zero-order valence-corrected chi connectivity index (χ0v) is 15.5. The molecule has 4 rings (SSSR count). The van der Waals surface area contributed by atoms with E-state index in [1.54, 1.807) is 5.56 Å². The van der Waals surface area contributed by atoms with Gasteiger partial charge in [0.2, 0.25) is 8.38 Å². The van der Waals surface area contributed by atoms with Gasteiger partial charge >= 0.3 is 0 Å². The molecule has 2 bridgehead atoms. The Balaban J connectivity index is 1.62. The van der Waals surface area contributed by atoms with Gasteiger partial charge in [-0.15, -0.1) is 0 Å². The molecule has 0 amide bonds. The maximum atomic E-state index is 6.25. The summed E-state index contributed by atoms with van der Waals surface area (Å²) in [5, 5.41) is 0.0935. The molecule has 22 heavy (non-hydrogen) atoms. The molecule has 3 heteroatoms. The Morgan fingerprint density at radius 2 is 1.59 bits per heavy atom.